The molecule has 2 aromatic heterocycles. The molecule has 2 N–H and O–H groups in total. The van der Waals surface area contributed by atoms with Crippen molar-refractivity contribution in [2.75, 3.05) is 0 Å². The van der Waals surface area contributed by atoms with Gasteiger partial charge in [-0.2, -0.15) is 5.26 Å². The fourth-order valence-electron chi connectivity index (χ4n) is 1.52. The molecule has 2 heterocycles. The first kappa shape index (κ1) is 11.4. The average Bonchev–Trinajstić information content (AvgIpc) is 2.93. The van der Waals surface area contributed by atoms with Gasteiger partial charge < -0.3 is 9.97 Å². The smallest absolute Gasteiger partial charge is 0.309 e. The largest absolute Gasteiger partial charge is 0.323 e. The third-order valence-corrected chi connectivity index (χ3v) is 3.31. The van der Waals surface area contributed by atoms with Gasteiger partial charge in [-0.3, -0.25) is 4.79 Å². The van der Waals surface area contributed by atoms with Gasteiger partial charge in [0.1, 0.15) is 16.6 Å². The topological polar surface area (TPSA) is 89.5 Å². The number of H-pyrrole nitrogens is 2. The molecule has 0 aliphatic rings. The lowest BCUT2D eigenvalue weighted by atomic mass is 10.2. The van der Waals surface area contributed by atoms with Gasteiger partial charge in [-0.1, -0.05) is 6.92 Å². The van der Waals surface area contributed by atoms with Crippen LogP contribution in [0.15, 0.2) is 16.9 Å². The molecule has 0 spiro atoms. The summed E-state index contributed by atoms with van der Waals surface area (Å²) in [6, 6.07) is 5.16. The van der Waals surface area contributed by atoms with Crippen molar-refractivity contribution in [1.29, 1.82) is 5.26 Å². The number of nitrogens with one attached hydrogen (secondary N) is 2. The van der Waals surface area contributed by atoms with Gasteiger partial charge in [-0.25, -0.2) is 4.79 Å². The van der Waals surface area contributed by atoms with Crippen molar-refractivity contribution in [3.8, 4) is 6.07 Å². The monoisotopic (exact) mass is 247 g/mol. The molecule has 86 valence electrons. The van der Waals surface area contributed by atoms with Gasteiger partial charge in [-0.15, -0.1) is 11.3 Å². The summed E-state index contributed by atoms with van der Waals surface area (Å²) in [4.78, 5) is 29.2. The summed E-state index contributed by atoms with van der Waals surface area (Å²) in [6.45, 7) is 1.85. The highest BCUT2D eigenvalue weighted by atomic mass is 32.1. The maximum Gasteiger partial charge on any atom is 0.323 e. The lowest BCUT2D eigenvalue weighted by Gasteiger charge is -1.96. The molecule has 5 nitrogen and oxygen atoms in total. The van der Waals surface area contributed by atoms with E-state index in [1.807, 2.05) is 13.0 Å². The Bertz CT molecular complexity index is 657. The molecule has 6 heteroatoms. The van der Waals surface area contributed by atoms with Crippen LogP contribution in [0.25, 0.3) is 0 Å². The highest BCUT2D eigenvalue weighted by molar-refractivity contribution is 7.14. The first-order chi connectivity index (χ1) is 8.15. The van der Waals surface area contributed by atoms with E-state index in [2.05, 4.69) is 9.97 Å². The third-order valence-electron chi connectivity index (χ3n) is 2.33. The molecule has 0 fully saturated rings. The molecule has 0 radical (unpaired) electrons. The van der Waals surface area contributed by atoms with Gasteiger partial charge in [-0.05, 0) is 18.6 Å². The molecule has 0 atom stereocenters. The summed E-state index contributed by atoms with van der Waals surface area (Å²) < 4.78 is 0. The molecule has 2 rings (SSSR count). The summed E-state index contributed by atoms with van der Waals surface area (Å²) in [5.74, 6) is -0.258. The minimum Gasteiger partial charge on any atom is -0.309 e. The first-order valence-electron chi connectivity index (χ1n) is 5.01. The number of carbonyl (C=O) groups excluding carboxylic acids is 1. The van der Waals surface area contributed by atoms with Crippen LogP contribution in [0, 0.1) is 11.3 Å². The molecule has 2 aromatic rings. The summed E-state index contributed by atoms with van der Waals surface area (Å²) in [5, 5.41) is 8.69. The summed E-state index contributed by atoms with van der Waals surface area (Å²) in [5.41, 5.74) is 0.484. The maximum atomic E-state index is 12.1. The molecule has 0 aliphatic carbocycles. The van der Waals surface area contributed by atoms with E-state index in [-0.39, 0.29) is 17.2 Å². The fourth-order valence-corrected chi connectivity index (χ4v) is 2.27. The Labute approximate surface area is 101 Å². The van der Waals surface area contributed by atoms with Crippen LogP contribution in [-0.4, -0.2) is 15.8 Å². The number of thiophene rings is 1. The molecular weight excluding hydrogens is 238 g/mol. The number of hydrogen-bond acceptors (Lipinski definition) is 4. The average molecular weight is 247 g/mol. The SMILES string of the molecule is CCc1[nH]c(=O)[nH]c1C(=O)c1ccc(C#N)s1. The normalized spacial score (nSPS) is 10.1. The highest BCUT2D eigenvalue weighted by Gasteiger charge is 2.17. The second-order valence-corrected chi connectivity index (χ2v) is 4.47. The molecule has 0 aliphatic heterocycles. The molecule has 0 saturated carbocycles. The van der Waals surface area contributed by atoms with Gasteiger partial charge in [0, 0.05) is 5.69 Å². The number of aromatic nitrogens is 2. The molecular formula is C11H9N3O2S. The Morgan fingerprint density at radius 1 is 1.47 bits per heavy atom. The molecule has 0 amide bonds. The molecule has 0 unspecified atom stereocenters. The van der Waals surface area contributed by atoms with E-state index in [0.29, 0.717) is 21.9 Å². The van der Waals surface area contributed by atoms with E-state index >= 15 is 0 Å². The van der Waals surface area contributed by atoms with Crippen LogP contribution in [0.2, 0.25) is 0 Å². The van der Waals surface area contributed by atoms with Crippen LogP contribution < -0.4 is 5.69 Å². The van der Waals surface area contributed by atoms with Crippen LogP contribution in [0.5, 0.6) is 0 Å². The Hall–Kier alpha value is -2.13. The number of aryl methyl sites for hydroxylation is 1. The van der Waals surface area contributed by atoms with Crippen molar-refractivity contribution in [2.45, 2.75) is 13.3 Å². The van der Waals surface area contributed by atoms with E-state index in [1.165, 1.54) is 0 Å². The lowest BCUT2D eigenvalue weighted by molar-refractivity contribution is 0.103. The third kappa shape index (κ3) is 2.05. The predicted molar refractivity (Wildman–Crippen MR) is 63.3 cm³/mol. The first-order valence-corrected chi connectivity index (χ1v) is 5.83. The highest BCUT2D eigenvalue weighted by Crippen LogP contribution is 2.19. The standard InChI is InChI=1S/C11H9N3O2S/c1-2-7-9(14-11(16)13-7)10(15)8-4-3-6(5-12)17-8/h3-4H,2H2,1H3,(H2,13,14,16). The molecule has 17 heavy (non-hydrogen) atoms. The van der Waals surface area contributed by atoms with Crippen LogP contribution in [0.3, 0.4) is 0 Å². The van der Waals surface area contributed by atoms with Crippen LogP contribution in [0.1, 0.15) is 32.9 Å². The minimum atomic E-state index is -0.387. The Balaban J connectivity index is 2.43. The van der Waals surface area contributed by atoms with Crippen molar-refractivity contribution in [3.05, 3.63) is 43.8 Å². The van der Waals surface area contributed by atoms with Crippen LogP contribution in [-0.2, 0) is 6.42 Å². The van der Waals surface area contributed by atoms with Crippen molar-refractivity contribution in [1.82, 2.24) is 9.97 Å². The van der Waals surface area contributed by atoms with E-state index in [4.69, 9.17) is 5.26 Å². The van der Waals surface area contributed by atoms with E-state index in [9.17, 15) is 9.59 Å². The number of ketones is 1. The van der Waals surface area contributed by atoms with Crippen molar-refractivity contribution >= 4 is 17.1 Å². The summed E-state index contributed by atoms with van der Waals surface area (Å²) in [7, 11) is 0. The zero-order valence-corrected chi connectivity index (χ0v) is 9.85. The lowest BCUT2D eigenvalue weighted by Crippen LogP contribution is -2.05. The Kier molecular flexibility index (Phi) is 2.93. The second kappa shape index (κ2) is 4.39. The number of nitrogens with zero attached hydrogens (tertiary/aromatic N) is 1. The van der Waals surface area contributed by atoms with E-state index < -0.39 is 0 Å². The van der Waals surface area contributed by atoms with Crippen LogP contribution >= 0.6 is 11.3 Å². The zero-order chi connectivity index (χ0) is 12.4. The van der Waals surface area contributed by atoms with Gasteiger partial charge in [0.05, 0.1) is 4.88 Å². The number of aromatic amines is 2. The summed E-state index contributed by atoms with van der Waals surface area (Å²) >= 11 is 1.12. The Morgan fingerprint density at radius 2 is 2.24 bits per heavy atom. The van der Waals surface area contributed by atoms with Crippen molar-refractivity contribution < 1.29 is 4.79 Å². The van der Waals surface area contributed by atoms with E-state index in [0.717, 1.165) is 11.3 Å². The van der Waals surface area contributed by atoms with Gasteiger partial charge in [0.25, 0.3) is 0 Å². The zero-order valence-electron chi connectivity index (χ0n) is 9.03. The number of imidazole rings is 1. The maximum absolute atomic E-state index is 12.1. The van der Waals surface area contributed by atoms with Crippen molar-refractivity contribution in [3.63, 3.8) is 0 Å². The summed E-state index contributed by atoms with van der Waals surface area (Å²) in [6.07, 6.45) is 0.566. The van der Waals surface area contributed by atoms with E-state index in [1.54, 1.807) is 12.1 Å². The molecule has 0 saturated heterocycles. The fraction of sp³-hybridized carbons (Fsp3) is 0.182. The number of carbonyl (C=O) groups is 1. The predicted octanol–water partition coefficient (Wildman–Crippen LogP) is 1.43. The number of rotatable bonds is 3. The Morgan fingerprint density at radius 3 is 2.82 bits per heavy atom. The quantitative estimate of drug-likeness (QED) is 0.804. The molecule has 0 bridgehead atoms. The molecule has 0 aromatic carbocycles. The van der Waals surface area contributed by atoms with Crippen LogP contribution in [0.4, 0.5) is 0 Å². The minimum absolute atomic E-state index is 0.258. The second-order valence-electron chi connectivity index (χ2n) is 3.39. The van der Waals surface area contributed by atoms with Gasteiger partial charge >= 0.3 is 5.69 Å². The number of nitriles is 1. The number of hydrogen-bond donors (Lipinski definition) is 2. The van der Waals surface area contributed by atoms with Gasteiger partial charge in [0.2, 0.25) is 5.78 Å². The van der Waals surface area contributed by atoms with Crippen molar-refractivity contribution in [2.24, 2.45) is 0 Å². The van der Waals surface area contributed by atoms with Gasteiger partial charge in [0.15, 0.2) is 0 Å².